The van der Waals surface area contributed by atoms with Gasteiger partial charge in [0.2, 0.25) is 5.91 Å². The van der Waals surface area contributed by atoms with Gasteiger partial charge in [-0.15, -0.1) is 0 Å². The average Bonchev–Trinajstić information content (AvgIpc) is 2.72. The first-order valence-electron chi connectivity index (χ1n) is 9.38. The van der Waals surface area contributed by atoms with Crippen LogP contribution < -0.4 is 14.8 Å². The molecule has 0 unspecified atom stereocenters. The second kappa shape index (κ2) is 11.8. The van der Waals surface area contributed by atoms with Crippen molar-refractivity contribution in [3.05, 3.63) is 46.4 Å². The van der Waals surface area contributed by atoms with Gasteiger partial charge in [0.15, 0.2) is 13.6 Å². The lowest BCUT2D eigenvalue weighted by molar-refractivity contribution is -0.120. The summed E-state index contributed by atoms with van der Waals surface area (Å²) < 4.78 is 22.4. The first-order valence-corrected chi connectivity index (χ1v) is 10.2. The molecule has 0 heterocycles. The number of carbonyl (C=O) groups is 1. The first kappa shape index (κ1) is 23.2. The third kappa shape index (κ3) is 6.73. The predicted octanol–water partition coefficient (Wildman–Crippen LogP) is 4.40. The summed E-state index contributed by atoms with van der Waals surface area (Å²) in [6.45, 7) is 4.88. The predicted molar refractivity (Wildman–Crippen MR) is 116 cm³/mol. The Morgan fingerprint density at radius 2 is 1.66 bits per heavy atom. The Morgan fingerprint density at radius 3 is 2.24 bits per heavy atom. The summed E-state index contributed by atoms with van der Waals surface area (Å²) in [6.07, 6.45) is 0.172. The molecule has 2 aromatic carbocycles. The lowest BCUT2D eigenvalue weighted by atomic mass is 9.95. The third-order valence-electron chi connectivity index (χ3n) is 4.06. The lowest BCUT2D eigenvalue weighted by Gasteiger charge is -2.20. The van der Waals surface area contributed by atoms with Gasteiger partial charge in [-0.1, -0.05) is 44.2 Å². The van der Waals surface area contributed by atoms with Crippen molar-refractivity contribution in [2.24, 2.45) is 5.92 Å². The number of nitrogens with one attached hydrogen (secondary N) is 1. The van der Waals surface area contributed by atoms with E-state index in [1.165, 1.54) is 0 Å². The molecule has 0 radical (unpaired) electrons. The van der Waals surface area contributed by atoms with E-state index in [9.17, 15) is 4.79 Å². The van der Waals surface area contributed by atoms with Crippen molar-refractivity contribution in [3.8, 4) is 22.6 Å². The highest BCUT2D eigenvalue weighted by molar-refractivity contribution is 9.10. The van der Waals surface area contributed by atoms with Crippen molar-refractivity contribution < 1.29 is 23.7 Å². The highest BCUT2D eigenvalue weighted by atomic mass is 79.9. The minimum atomic E-state index is -0.0711. The van der Waals surface area contributed by atoms with Crippen molar-refractivity contribution >= 4 is 21.8 Å². The number of hydrogen-bond donors (Lipinski definition) is 1. The van der Waals surface area contributed by atoms with Crippen LogP contribution >= 0.6 is 15.9 Å². The molecule has 29 heavy (non-hydrogen) atoms. The molecule has 158 valence electrons. The van der Waals surface area contributed by atoms with Crippen LogP contribution in [0, 0.1) is 5.92 Å². The van der Waals surface area contributed by atoms with Crippen LogP contribution in [-0.2, 0) is 20.7 Å². The molecule has 0 aliphatic rings. The number of halogens is 1. The summed E-state index contributed by atoms with van der Waals surface area (Å²) in [5.41, 5.74) is 2.53. The summed E-state index contributed by atoms with van der Waals surface area (Å²) in [6, 6.07) is 11.6. The maximum Gasteiger partial charge on any atom is 0.224 e. The average molecular weight is 466 g/mol. The Morgan fingerprint density at radius 1 is 1.03 bits per heavy atom. The quantitative estimate of drug-likeness (QED) is 0.498. The zero-order chi connectivity index (χ0) is 21.2. The minimum Gasteiger partial charge on any atom is -0.467 e. The Balaban J connectivity index is 2.55. The molecule has 0 saturated heterocycles. The third-order valence-corrected chi connectivity index (χ3v) is 4.93. The van der Waals surface area contributed by atoms with Crippen molar-refractivity contribution in [1.29, 1.82) is 0 Å². The SMILES string of the molecule is COCOc1cc(OCOC)c(-c2ccccc2)c(CC(=O)NCC(C)C)c1Br. The van der Waals surface area contributed by atoms with Crippen LogP contribution in [0.3, 0.4) is 0 Å². The Labute approximate surface area is 180 Å². The molecule has 0 atom stereocenters. The van der Waals surface area contributed by atoms with Crippen molar-refractivity contribution in [1.82, 2.24) is 5.32 Å². The summed E-state index contributed by atoms with van der Waals surface area (Å²) >= 11 is 3.62. The molecule has 0 bridgehead atoms. The number of benzene rings is 2. The molecule has 6 nitrogen and oxygen atoms in total. The highest BCUT2D eigenvalue weighted by Crippen LogP contribution is 2.43. The smallest absolute Gasteiger partial charge is 0.224 e. The second-order valence-electron chi connectivity index (χ2n) is 6.88. The van der Waals surface area contributed by atoms with E-state index in [2.05, 4.69) is 35.1 Å². The molecule has 0 fully saturated rings. The van der Waals surface area contributed by atoms with Crippen LogP contribution in [0.2, 0.25) is 0 Å². The fourth-order valence-electron chi connectivity index (χ4n) is 2.75. The monoisotopic (exact) mass is 465 g/mol. The van der Waals surface area contributed by atoms with Crippen LogP contribution in [-0.4, -0.2) is 40.3 Å². The molecular weight excluding hydrogens is 438 g/mol. The summed E-state index contributed by atoms with van der Waals surface area (Å²) in [4.78, 5) is 12.6. The van der Waals surface area contributed by atoms with Crippen LogP contribution in [0.15, 0.2) is 40.9 Å². The molecule has 2 aromatic rings. The van der Waals surface area contributed by atoms with Crippen LogP contribution in [0.4, 0.5) is 0 Å². The minimum absolute atomic E-state index is 0.0711. The van der Waals surface area contributed by atoms with E-state index >= 15 is 0 Å². The highest BCUT2D eigenvalue weighted by Gasteiger charge is 2.22. The van der Waals surface area contributed by atoms with E-state index in [0.29, 0.717) is 28.4 Å². The van der Waals surface area contributed by atoms with Gasteiger partial charge in [0.1, 0.15) is 11.5 Å². The molecule has 1 N–H and O–H groups in total. The van der Waals surface area contributed by atoms with E-state index in [-0.39, 0.29) is 25.9 Å². The molecule has 1 amide bonds. The zero-order valence-corrected chi connectivity index (χ0v) is 18.9. The van der Waals surface area contributed by atoms with Crippen LogP contribution in [0.1, 0.15) is 19.4 Å². The number of hydrogen-bond acceptors (Lipinski definition) is 5. The fraction of sp³-hybridized carbons (Fsp3) is 0.409. The van der Waals surface area contributed by atoms with Crippen LogP contribution in [0.25, 0.3) is 11.1 Å². The number of carbonyl (C=O) groups excluding carboxylic acids is 1. The van der Waals surface area contributed by atoms with Crippen LogP contribution in [0.5, 0.6) is 11.5 Å². The van der Waals surface area contributed by atoms with Gasteiger partial charge in [-0.25, -0.2) is 0 Å². The zero-order valence-electron chi connectivity index (χ0n) is 17.3. The molecule has 7 heteroatoms. The molecule has 2 rings (SSSR count). The second-order valence-corrected chi connectivity index (χ2v) is 7.68. The Bertz CT molecular complexity index is 796. The van der Waals surface area contributed by atoms with E-state index < -0.39 is 0 Å². The van der Waals surface area contributed by atoms with Gasteiger partial charge in [-0.3, -0.25) is 4.79 Å². The van der Waals surface area contributed by atoms with E-state index in [1.807, 2.05) is 30.3 Å². The van der Waals surface area contributed by atoms with Crippen molar-refractivity contribution in [2.75, 3.05) is 34.4 Å². The molecule has 0 saturated carbocycles. The van der Waals surface area contributed by atoms with E-state index in [4.69, 9.17) is 18.9 Å². The normalized spacial score (nSPS) is 10.8. The Kier molecular flexibility index (Phi) is 9.44. The standard InChI is InChI=1S/C22H28BrNO5/c1-15(2)12-24-20(25)10-17-21(16-8-6-5-7-9-16)18(28-13-26-3)11-19(22(17)23)29-14-27-4/h5-9,11,15H,10,12-14H2,1-4H3,(H,24,25). The lowest BCUT2D eigenvalue weighted by Crippen LogP contribution is -2.29. The summed E-state index contributed by atoms with van der Waals surface area (Å²) in [7, 11) is 3.11. The number of rotatable bonds is 11. The largest absolute Gasteiger partial charge is 0.467 e. The van der Waals surface area contributed by atoms with E-state index in [0.717, 1.165) is 16.7 Å². The van der Waals surface area contributed by atoms with Gasteiger partial charge in [-0.2, -0.15) is 0 Å². The molecular formula is C22H28BrNO5. The molecule has 0 aromatic heterocycles. The van der Waals surface area contributed by atoms with Gasteiger partial charge in [0.25, 0.3) is 0 Å². The van der Waals surface area contributed by atoms with E-state index in [1.54, 1.807) is 20.3 Å². The maximum atomic E-state index is 12.6. The van der Waals surface area contributed by atoms with Crippen molar-refractivity contribution in [2.45, 2.75) is 20.3 Å². The molecule has 0 spiro atoms. The van der Waals surface area contributed by atoms with Gasteiger partial charge in [-0.05, 0) is 33.0 Å². The fourth-order valence-corrected chi connectivity index (χ4v) is 3.32. The van der Waals surface area contributed by atoms with Gasteiger partial charge in [0, 0.05) is 32.4 Å². The first-order chi connectivity index (χ1) is 14.0. The number of ether oxygens (including phenoxy) is 4. The van der Waals surface area contributed by atoms with Gasteiger partial charge in [0.05, 0.1) is 10.9 Å². The topological polar surface area (TPSA) is 66.0 Å². The molecule has 0 aliphatic carbocycles. The van der Waals surface area contributed by atoms with Crippen molar-refractivity contribution in [3.63, 3.8) is 0 Å². The summed E-state index contributed by atoms with van der Waals surface area (Å²) in [5, 5.41) is 2.97. The van der Waals surface area contributed by atoms with Gasteiger partial charge < -0.3 is 24.3 Å². The van der Waals surface area contributed by atoms with Gasteiger partial charge >= 0.3 is 0 Å². The number of methoxy groups -OCH3 is 2. The maximum absolute atomic E-state index is 12.6. The summed E-state index contributed by atoms with van der Waals surface area (Å²) in [5.74, 6) is 1.40. The molecule has 0 aliphatic heterocycles. The number of amides is 1. The Hall–Kier alpha value is -2.09.